The lowest BCUT2D eigenvalue weighted by molar-refractivity contribution is -0.110. The Morgan fingerprint density at radius 3 is 2.76 bits per heavy atom. The van der Waals surface area contributed by atoms with Crippen LogP contribution in [0.4, 0.5) is 5.69 Å². The second-order valence-electron chi connectivity index (χ2n) is 7.43. The molecule has 152 valence electrons. The van der Waals surface area contributed by atoms with Gasteiger partial charge in [0.2, 0.25) is 0 Å². The van der Waals surface area contributed by atoms with Crippen molar-refractivity contribution < 1.29 is 19.2 Å². The molecule has 0 bridgehead atoms. The van der Waals surface area contributed by atoms with E-state index in [1.54, 1.807) is 31.4 Å². The Hall–Kier alpha value is -2.87. The Bertz CT molecular complexity index is 953. The van der Waals surface area contributed by atoms with Crippen molar-refractivity contribution in [1.82, 2.24) is 4.90 Å². The molecule has 1 spiro atoms. The molecule has 0 aliphatic carbocycles. The summed E-state index contributed by atoms with van der Waals surface area (Å²) in [4.78, 5) is 33.8. The van der Waals surface area contributed by atoms with Gasteiger partial charge in [-0.3, -0.25) is 9.59 Å². The zero-order valence-electron chi connectivity index (χ0n) is 16.4. The number of likely N-dealkylation sites (tertiary alicyclic amines) is 1. The third-order valence-corrected chi connectivity index (χ3v) is 6.34. The lowest BCUT2D eigenvalue weighted by atomic mass is 9.88. The Morgan fingerprint density at radius 1 is 1.28 bits per heavy atom. The van der Waals surface area contributed by atoms with Gasteiger partial charge >= 0.3 is 0 Å². The van der Waals surface area contributed by atoms with E-state index in [1.165, 1.54) is 11.3 Å². The van der Waals surface area contributed by atoms with Crippen molar-refractivity contribution in [2.45, 2.75) is 31.8 Å². The lowest BCUT2D eigenvalue weighted by Crippen LogP contribution is -2.50. The Morgan fingerprint density at radius 2 is 2.07 bits per heavy atom. The molecule has 1 aromatic carbocycles. The fraction of sp³-hybridized carbons (Fsp3) is 0.381. The normalized spacial score (nSPS) is 20.9. The second kappa shape index (κ2) is 7.87. The molecule has 2 aliphatic rings. The maximum atomic E-state index is 12.9. The molecular formula is C21H23N3O4S. The van der Waals surface area contributed by atoms with Crippen molar-refractivity contribution in [3.8, 4) is 5.75 Å². The van der Waals surface area contributed by atoms with E-state index in [1.807, 2.05) is 23.3 Å². The maximum absolute atomic E-state index is 12.9. The quantitative estimate of drug-likeness (QED) is 0.833. The average molecular weight is 413 g/mol. The van der Waals surface area contributed by atoms with Gasteiger partial charge in [-0.2, -0.15) is 0 Å². The number of methoxy groups -OCH3 is 1. The summed E-state index contributed by atoms with van der Waals surface area (Å²) in [6.07, 6.45) is 1.98. The highest BCUT2D eigenvalue weighted by atomic mass is 32.1. The molecule has 8 heteroatoms. The molecule has 1 atom stereocenters. The van der Waals surface area contributed by atoms with Gasteiger partial charge in [0.15, 0.2) is 5.60 Å². The Labute approximate surface area is 173 Å². The molecule has 1 N–H and O–H groups in total. The fourth-order valence-electron chi connectivity index (χ4n) is 3.75. The van der Waals surface area contributed by atoms with Crippen molar-refractivity contribution in [2.75, 3.05) is 25.5 Å². The molecule has 1 saturated heterocycles. The number of hydrogen-bond acceptors (Lipinski definition) is 6. The molecule has 0 saturated carbocycles. The van der Waals surface area contributed by atoms with Crippen molar-refractivity contribution in [1.29, 1.82) is 0 Å². The summed E-state index contributed by atoms with van der Waals surface area (Å²) in [5, 5.41) is 8.83. The highest BCUT2D eigenvalue weighted by Crippen LogP contribution is 2.35. The van der Waals surface area contributed by atoms with Crippen molar-refractivity contribution in [3.05, 3.63) is 46.2 Å². The highest BCUT2D eigenvalue weighted by Gasteiger charge is 2.45. The van der Waals surface area contributed by atoms with Crippen molar-refractivity contribution in [3.63, 3.8) is 0 Å². The molecule has 4 rings (SSSR count). The number of carbonyl (C=O) groups is 2. The maximum Gasteiger partial charge on any atom is 0.273 e. The molecule has 2 aromatic rings. The minimum Gasteiger partial charge on any atom is -0.497 e. The number of nitrogens with zero attached hydrogens (tertiary/aromatic N) is 2. The monoisotopic (exact) mass is 413 g/mol. The molecule has 29 heavy (non-hydrogen) atoms. The van der Waals surface area contributed by atoms with Gasteiger partial charge in [0, 0.05) is 18.7 Å². The van der Waals surface area contributed by atoms with Gasteiger partial charge in [-0.15, -0.1) is 11.3 Å². The summed E-state index contributed by atoms with van der Waals surface area (Å²) < 4.78 is 5.12. The molecule has 2 aliphatic heterocycles. The third kappa shape index (κ3) is 3.98. The van der Waals surface area contributed by atoms with Crippen LogP contribution in [0.2, 0.25) is 0 Å². The van der Waals surface area contributed by atoms with Crippen LogP contribution in [0, 0.1) is 6.92 Å². The van der Waals surface area contributed by atoms with Crippen LogP contribution in [0.15, 0.2) is 40.9 Å². The molecule has 0 unspecified atom stereocenters. The van der Waals surface area contributed by atoms with Crippen LogP contribution in [0.5, 0.6) is 5.75 Å². The predicted molar refractivity (Wildman–Crippen MR) is 112 cm³/mol. The van der Waals surface area contributed by atoms with Crippen LogP contribution in [-0.4, -0.2) is 48.2 Å². The van der Waals surface area contributed by atoms with Gasteiger partial charge < -0.3 is 19.8 Å². The minimum atomic E-state index is -0.619. The first kappa shape index (κ1) is 19.4. The summed E-state index contributed by atoms with van der Waals surface area (Å²) in [7, 11) is 1.59. The van der Waals surface area contributed by atoms with Crippen LogP contribution in [0.25, 0.3) is 0 Å². The number of hydrogen-bond donors (Lipinski definition) is 1. The molecule has 7 nitrogen and oxygen atoms in total. The fourth-order valence-corrected chi connectivity index (χ4v) is 4.64. The van der Waals surface area contributed by atoms with Crippen molar-refractivity contribution in [2.24, 2.45) is 5.16 Å². The molecule has 0 radical (unpaired) electrons. The van der Waals surface area contributed by atoms with E-state index in [0.717, 1.165) is 29.0 Å². The van der Waals surface area contributed by atoms with Gasteiger partial charge in [0.05, 0.1) is 18.5 Å². The molecular weight excluding hydrogens is 390 g/mol. The van der Waals surface area contributed by atoms with Crippen LogP contribution >= 0.6 is 11.3 Å². The topological polar surface area (TPSA) is 80.2 Å². The first-order valence-corrected chi connectivity index (χ1v) is 10.4. The zero-order valence-corrected chi connectivity index (χ0v) is 17.3. The van der Waals surface area contributed by atoms with E-state index in [2.05, 4.69) is 10.5 Å². The first-order chi connectivity index (χ1) is 14.0. The van der Waals surface area contributed by atoms with Crippen LogP contribution < -0.4 is 10.1 Å². The number of thiophene rings is 1. The van der Waals surface area contributed by atoms with Crippen LogP contribution in [0.1, 0.15) is 34.5 Å². The Kier molecular flexibility index (Phi) is 5.27. The summed E-state index contributed by atoms with van der Waals surface area (Å²) in [5.41, 5.74) is 1.38. The molecule has 2 amide bonds. The van der Waals surface area contributed by atoms with E-state index in [9.17, 15) is 9.59 Å². The largest absolute Gasteiger partial charge is 0.497 e. The van der Waals surface area contributed by atoms with Gasteiger partial charge in [0.25, 0.3) is 11.8 Å². The van der Waals surface area contributed by atoms with E-state index in [4.69, 9.17) is 9.57 Å². The number of rotatable bonds is 4. The van der Waals surface area contributed by atoms with Crippen LogP contribution in [0.3, 0.4) is 0 Å². The number of ether oxygens (including phenoxy) is 1. The smallest absolute Gasteiger partial charge is 0.273 e. The summed E-state index contributed by atoms with van der Waals surface area (Å²) in [6.45, 7) is 3.07. The SMILES string of the molecule is COc1ccc(NC(=O)C2=NO[C@@]3(CCCN(C(=O)c4sccc4C)C3)C2)cc1. The van der Waals surface area contributed by atoms with Gasteiger partial charge in [0.1, 0.15) is 11.5 Å². The number of oxime groups is 1. The van der Waals surface area contributed by atoms with E-state index < -0.39 is 5.60 Å². The number of benzene rings is 1. The average Bonchev–Trinajstić information content (AvgIpc) is 3.34. The van der Waals surface area contributed by atoms with Gasteiger partial charge in [-0.1, -0.05) is 5.16 Å². The summed E-state index contributed by atoms with van der Waals surface area (Å²) >= 11 is 1.46. The van der Waals surface area contributed by atoms with Gasteiger partial charge in [-0.05, 0) is 61.0 Å². The second-order valence-corrected chi connectivity index (χ2v) is 8.35. The molecule has 3 heterocycles. The number of carbonyl (C=O) groups excluding carboxylic acids is 2. The number of amides is 2. The van der Waals surface area contributed by atoms with E-state index >= 15 is 0 Å². The standard InChI is InChI=1S/C21H23N3O4S/c1-14-8-11-29-18(14)20(26)24-10-3-9-21(13-24)12-17(23-28-21)19(25)22-15-4-6-16(27-2)7-5-15/h4-8,11H,3,9-10,12-13H2,1-2H3,(H,22,25)/t21-/m0/s1. The van der Waals surface area contributed by atoms with Crippen LogP contribution in [-0.2, 0) is 9.63 Å². The number of nitrogens with one attached hydrogen (secondary N) is 1. The zero-order chi connectivity index (χ0) is 20.4. The number of aryl methyl sites for hydroxylation is 1. The number of anilines is 1. The molecule has 1 fully saturated rings. The lowest BCUT2D eigenvalue weighted by Gasteiger charge is -2.38. The third-order valence-electron chi connectivity index (χ3n) is 5.33. The summed E-state index contributed by atoms with van der Waals surface area (Å²) in [6, 6.07) is 9.05. The summed E-state index contributed by atoms with van der Waals surface area (Å²) in [5.74, 6) is 0.456. The number of piperidine rings is 1. The minimum absolute atomic E-state index is 0.0244. The van der Waals surface area contributed by atoms with E-state index in [-0.39, 0.29) is 11.8 Å². The molecule has 1 aromatic heterocycles. The highest BCUT2D eigenvalue weighted by molar-refractivity contribution is 7.12. The first-order valence-electron chi connectivity index (χ1n) is 9.53. The van der Waals surface area contributed by atoms with Crippen molar-refractivity contribution >= 4 is 34.6 Å². The predicted octanol–water partition coefficient (Wildman–Crippen LogP) is 3.45. The van der Waals surface area contributed by atoms with E-state index in [0.29, 0.717) is 30.9 Å². The Balaban J connectivity index is 1.40. The van der Waals surface area contributed by atoms with Gasteiger partial charge in [-0.25, -0.2) is 0 Å².